The van der Waals surface area contributed by atoms with Gasteiger partial charge in [0.1, 0.15) is 11.6 Å². The first-order chi connectivity index (χ1) is 10.1. The van der Waals surface area contributed by atoms with Crippen LogP contribution in [0.4, 0.5) is 5.82 Å². The minimum absolute atomic E-state index is 0.261. The van der Waals surface area contributed by atoms with Crippen LogP contribution in [0.25, 0.3) is 0 Å². The van der Waals surface area contributed by atoms with Gasteiger partial charge < -0.3 is 15.0 Å². The van der Waals surface area contributed by atoms with Gasteiger partial charge in [-0.1, -0.05) is 26.2 Å². The number of carbonyl (C=O) groups excluding carboxylic acids is 1. The van der Waals surface area contributed by atoms with Crippen molar-refractivity contribution in [2.24, 2.45) is 11.8 Å². The average Bonchev–Trinajstić information content (AvgIpc) is 2.76. The predicted molar refractivity (Wildman–Crippen MR) is 83.1 cm³/mol. The van der Waals surface area contributed by atoms with Crippen LogP contribution in [0.5, 0.6) is 0 Å². The summed E-state index contributed by atoms with van der Waals surface area (Å²) in [6, 6.07) is 0. The van der Waals surface area contributed by atoms with Crippen LogP contribution in [-0.2, 0) is 11.3 Å². The Morgan fingerprint density at radius 2 is 1.90 bits per heavy atom. The molecule has 5 heteroatoms. The molecule has 1 aliphatic rings. The van der Waals surface area contributed by atoms with E-state index in [1.807, 2.05) is 11.5 Å². The topological polar surface area (TPSA) is 70.1 Å². The minimum atomic E-state index is -0.424. The number of ether oxygens (including phenoxy) is 1. The molecule has 1 heterocycles. The van der Waals surface area contributed by atoms with E-state index in [-0.39, 0.29) is 5.69 Å². The van der Waals surface area contributed by atoms with E-state index in [2.05, 4.69) is 11.9 Å². The predicted octanol–water partition coefficient (Wildman–Crippen LogP) is 3.17. The molecule has 0 aromatic carbocycles. The molecule has 0 aliphatic heterocycles. The van der Waals surface area contributed by atoms with Crippen LogP contribution in [-0.4, -0.2) is 22.1 Å². The van der Waals surface area contributed by atoms with Gasteiger partial charge in [0.15, 0.2) is 5.69 Å². The second-order valence-corrected chi connectivity index (χ2v) is 6.02. The molecule has 0 bridgehead atoms. The Morgan fingerprint density at radius 1 is 1.29 bits per heavy atom. The third-order valence-corrected chi connectivity index (χ3v) is 4.65. The molecule has 0 unspecified atom stereocenters. The highest BCUT2D eigenvalue weighted by Crippen LogP contribution is 2.32. The molecule has 21 heavy (non-hydrogen) atoms. The highest BCUT2D eigenvalue weighted by atomic mass is 16.5. The molecule has 0 atom stereocenters. The number of hydrogen-bond acceptors (Lipinski definition) is 4. The first kappa shape index (κ1) is 15.9. The van der Waals surface area contributed by atoms with Crippen LogP contribution >= 0.6 is 0 Å². The normalized spacial score (nSPS) is 22.2. The van der Waals surface area contributed by atoms with Crippen molar-refractivity contribution in [3.05, 3.63) is 11.5 Å². The number of nitrogens with zero attached hydrogens (tertiary/aromatic N) is 2. The van der Waals surface area contributed by atoms with Crippen molar-refractivity contribution in [3.8, 4) is 0 Å². The van der Waals surface area contributed by atoms with Crippen LogP contribution in [0.3, 0.4) is 0 Å². The zero-order valence-corrected chi connectivity index (χ0v) is 13.4. The van der Waals surface area contributed by atoms with Gasteiger partial charge in [-0.25, -0.2) is 9.78 Å². The summed E-state index contributed by atoms with van der Waals surface area (Å²) < 4.78 is 6.98. The Balaban J connectivity index is 2.05. The molecule has 1 fully saturated rings. The number of hydrogen-bond donors (Lipinski definition) is 1. The van der Waals surface area contributed by atoms with E-state index in [0.29, 0.717) is 18.3 Å². The van der Waals surface area contributed by atoms with Gasteiger partial charge >= 0.3 is 5.97 Å². The van der Waals surface area contributed by atoms with Crippen LogP contribution < -0.4 is 5.73 Å². The van der Waals surface area contributed by atoms with E-state index in [9.17, 15) is 4.79 Å². The molecule has 0 spiro atoms. The molecule has 1 aromatic rings. The molecular formula is C16H27N3O2. The zero-order valence-electron chi connectivity index (χ0n) is 13.4. The lowest BCUT2D eigenvalue weighted by Gasteiger charge is -2.28. The average molecular weight is 293 g/mol. The molecule has 1 aromatic heterocycles. The third kappa shape index (κ3) is 3.57. The molecule has 1 aliphatic carbocycles. The van der Waals surface area contributed by atoms with E-state index < -0.39 is 5.97 Å². The summed E-state index contributed by atoms with van der Waals surface area (Å²) in [5.74, 6) is 2.35. The van der Waals surface area contributed by atoms with Crippen molar-refractivity contribution in [2.75, 3.05) is 12.3 Å². The fourth-order valence-corrected chi connectivity index (χ4v) is 3.24. The Hall–Kier alpha value is -1.52. The monoisotopic (exact) mass is 293 g/mol. The third-order valence-electron chi connectivity index (χ3n) is 4.65. The Kier molecular flexibility index (Phi) is 5.26. The number of imidazole rings is 1. The number of esters is 1. The molecule has 2 N–H and O–H groups in total. The number of rotatable bonds is 5. The largest absolute Gasteiger partial charge is 0.461 e. The Labute approximate surface area is 126 Å². The summed E-state index contributed by atoms with van der Waals surface area (Å²) in [6.07, 6.45) is 6.37. The summed E-state index contributed by atoms with van der Waals surface area (Å²) in [5.41, 5.74) is 6.37. The number of nitrogens with two attached hydrogens (primary N) is 1. The maximum Gasteiger partial charge on any atom is 0.360 e. The van der Waals surface area contributed by atoms with Crippen LogP contribution in [0.2, 0.25) is 0 Å². The molecule has 0 radical (unpaired) electrons. The number of carbonyl (C=O) groups is 1. The molecule has 1 saturated carbocycles. The summed E-state index contributed by atoms with van der Waals surface area (Å²) in [6.45, 7) is 7.15. The summed E-state index contributed by atoms with van der Waals surface area (Å²) in [5, 5.41) is 0. The molecule has 118 valence electrons. The maximum absolute atomic E-state index is 11.8. The summed E-state index contributed by atoms with van der Waals surface area (Å²) in [7, 11) is 0. The highest BCUT2D eigenvalue weighted by Gasteiger charge is 2.24. The lowest BCUT2D eigenvalue weighted by molar-refractivity contribution is 0.0521. The number of anilines is 1. The van der Waals surface area contributed by atoms with Crippen molar-refractivity contribution in [1.29, 1.82) is 0 Å². The van der Waals surface area contributed by atoms with Crippen molar-refractivity contribution in [1.82, 2.24) is 9.55 Å². The van der Waals surface area contributed by atoms with Gasteiger partial charge in [0.2, 0.25) is 0 Å². The van der Waals surface area contributed by atoms with E-state index in [4.69, 9.17) is 10.5 Å². The summed E-state index contributed by atoms with van der Waals surface area (Å²) >= 11 is 0. The molecular weight excluding hydrogens is 266 g/mol. The molecule has 5 nitrogen and oxygen atoms in total. The van der Waals surface area contributed by atoms with Gasteiger partial charge in [0.25, 0.3) is 0 Å². The van der Waals surface area contributed by atoms with Crippen molar-refractivity contribution >= 4 is 11.8 Å². The highest BCUT2D eigenvalue weighted by molar-refractivity contribution is 5.92. The van der Waals surface area contributed by atoms with Crippen molar-refractivity contribution in [2.45, 2.75) is 59.4 Å². The van der Waals surface area contributed by atoms with E-state index >= 15 is 0 Å². The lowest BCUT2D eigenvalue weighted by Crippen LogP contribution is -2.20. The first-order valence-electron chi connectivity index (χ1n) is 8.06. The van der Waals surface area contributed by atoms with E-state index in [0.717, 1.165) is 18.3 Å². The van der Waals surface area contributed by atoms with Gasteiger partial charge in [-0.2, -0.15) is 0 Å². The fraction of sp³-hybridized carbons (Fsp3) is 0.750. The van der Waals surface area contributed by atoms with Crippen molar-refractivity contribution < 1.29 is 9.53 Å². The lowest BCUT2D eigenvalue weighted by atomic mass is 9.81. The van der Waals surface area contributed by atoms with Gasteiger partial charge in [-0.3, -0.25) is 0 Å². The second-order valence-electron chi connectivity index (χ2n) is 6.02. The number of nitrogen functional groups attached to an aromatic ring is 1. The zero-order chi connectivity index (χ0) is 15.4. The van der Waals surface area contributed by atoms with E-state index in [1.165, 1.54) is 32.1 Å². The van der Waals surface area contributed by atoms with Gasteiger partial charge in [0.05, 0.1) is 6.61 Å². The van der Waals surface area contributed by atoms with Crippen LogP contribution in [0, 0.1) is 18.8 Å². The number of aryl methyl sites for hydroxylation is 1. The van der Waals surface area contributed by atoms with Crippen molar-refractivity contribution in [3.63, 3.8) is 0 Å². The molecule has 0 amide bonds. The summed E-state index contributed by atoms with van der Waals surface area (Å²) in [4.78, 5) is 16.1. The smallest absolute Gasteiger partial charge is 0.360 e. The van der Waals surface area contributed by atoms with Gasteiger partial charge in [-0.05, 0) is 38.5 Å². The van der Waals surface area contributed by atoms with Crippen LogP contribution in [0.15, 0.2) is 0 Å². The SMILES string of the molecule is CCOC(=O)c1nc(C)n(CC2CCC(CC)CC2)c1N. The minimum Gasteiger partial charge on any atom is -0.461 e. The number of aromatic nitrogens is 2. The molecule has 2 rings (SSSR count). The van der Waals surface area contributed by atoms with Crippen LogP contribution in [0.1, 0.15) is 62.3 Å². The Morgan fingerprint density at radius 3 is 2.48 bits per heavy atom. The van der Waals surface area contributed by atoms with Gasteiger partial charge in [0, 0.05) is 6.54 Å². The fourth-order valence-electron chi connectivity index (χ4n) is 3.24. The standard InChI is InChI=1S/C16H27N3O2/c1-4-12-6-8-13(9-7-12)10-19-11(3)18-14(15(19)17)16(20)21-5-2/h12-13H,4-10,17H2,1-3H3. The quantitative estimate of drug-likeness (QED) is 0.847. The maximum atomic E-state index is 11.8. The molecule has 0 saturated heterocycles. The van der Waals surface area contributed by atoms with Gasteiger partial charge in [-0.15, -0.1) is 0 Å². The Bertz CT molecular complexity index is 488. The second kappa shape index (κ2) is 6.96. The first-order valence-corrected chi connectivity index (χ1v) is 8.06. The van der Waals surface area contributed by atoms with E-state index in [1.54, 1.807) is 6.92 Å².